The summed E-state index contributed by atoms with van der Waals surface area (Å²) in [5.74, 6) is 0. The Morgan fingerprint density at radius 1 is 0.545 bits per heavy atom. The number of nitrogens with one attached hydrogen (secondary N) is 2. The van der Waals surface area contributed by atoms with Crippen LogP contribution in [0.25, 0.3) is 0 Å². The third-order valence-corrected chi connectivity index (χ3v) is 5.48. The van der Waals surface area contributed by atoms with E-state index in [4.69, 9.17) is 11.5 Å². The average Bonchev–Trinajstić information content (AvgIpc) is 2.59. The van der Waals surface area contributed by atoms with Crippen molar-refractivity contribution in [2.75, 3.05) is 0 Å². The third-order valence-electron chi connectivity index (χ3n) is 5.48. The van der Waals surface area contributed by atoms with E-state index in [1.807, 2.05) is 0 Å². The minimum atomic E-state index is 0.280. The van der Waals surface area contributed by atoms with Crippen LogP contribution >= 0.6 is 0 Å². The highest BCUT2D eigenvalue weighted by Crippen LogP contribution is 2.17. The molecule has 0 spiro atoms. The van der Waals surface area contributed by atoms with Crippen molar-refractivity contribution in [1.82, 2.24) is 10.5 Å². The van der Waals surface area contributed by atoms with Gasteiger partial charge >= 0.3 is 7.55 Å². The van der Waals surface area contributed by atoms with Crippen molar-refractivity contribution in [3.05, 3.63) is 0 Å². The number of rotatable bonds is 4. The van der Waals surface area contributed by atoms with Gasteiger partial charge in [-0.1, -0.05) is 57.8 Å². The molecule has 5 heteroatoms. The summed E-state index contributed by atoms with van der Waals surface area (Å²) in [5, 5.41) is 7.10. The van der Waals surface area contributed by atoms with E-state index in [0.717, 1.165) is 12.8 Å². The predicted octanol–water partition coefficient (Wildman–Crippen LogP) is 2.19. The van der Waals surface area contributed by atoms with Gasteiger partial charge in [0.25, 0.3) is 0 Å². The second-order valence-corrected chi connectivity index (χ2v) is 7.36. The van der Waals surface area contributed by atoms with Crippen LogP contribution in [-0.2, 0) is 0 Å². The van der Waals surface area contributed by atoms with Gasteiger partial charge in [-0.3, -0.25) is 0 Å². The number of hydrogen-bond donors (Lipinski definition) is 4. The van der Waals surface area contributed by atoms with Crippen molar-refractivity contribution in [3.63, 3.8) is 0 Å². The van der Waals surface area contributed by atoms with Crippen LogP contribution < -0.4 is 21.9 Å². The van der Waals surface area contributed by atoms with Crippen LogP contribution in [0.5, 0.6) is 0 Å². The Bertz CT molecular complexity index is 290. The van der Waals surface area contributed by atoms with Gasteiger partial charge in [0.2, 0.25) is 0 Å². The highest BCUT2D eigenvalue weighted by molar-refractivity contribution is 6.29. The van der Waals surface area contributed by atoms with Gasteiger partial charge in [0.05, 0.1) is 0 Å². The molecule has 2 rings (SSSR count). The second-order valence-electron chi connectivity index (χ2n) is 7.36. The summed E-state index contributed by atoms with van der Waals surface area (Å²) < 4.78 is 0. The second kappa shape index (κ2) is 10.6. The Kier molecular flexibility index (Phi) is 8.82. The first-order chi connectivity index (χ1) is 10.8. The van der Waals surface area contributed by atoms with Gasteiger partial charge in [-0.05, 0) is 25.7 Å². The molecule has 0 bridgehead atoms. The molecule has 0 aromatic rings. The van der Waals surface area contributed by atoms with Crippen molar-refractivity contribution in [3.8, 4) is 0 Å². The summed E-state index contributed by atoms with van der Waals surface area (Å²) in [6.45, 7) is 0. The molecule has 0 aromatic carbocycles. The minimum absolute atomic E-state index is 0.280. The van der Waals surface area contributed by atoms with E-state index in [0.29, 0.717) is 12.1 Å². The Labute approximate surface area is 137 Å². The molecule has 4 atom stereocenters. The first-order valence-electron chi connectivity index (χ1n) is 9.62. The fraction of sp³-hybridized carbons (Fsp3) is 1.00. The van der Waals surface area contributed by atoms with Gasteiger partial charge in [0, 0.05) is 24.2 Å². The summed E-state index contributed by atoms with van der Waals surface area (Å²) in [5.41, 5.74) is 12.7. The molecule has 2 aliphatic rings. The molecule has 0 amide bonds. The lowest BCUT2D eigenvalue weighted by Crippen LogP contribution is -2.55. The van der Waals surface area contributed by atoms with Crippen molar-refractivity contribution in [1.29, 1.82) is 0 Å². The molecule has 2 fully saturated rings. The predicted molar refractivity (Wildman–Crippen MR) is 95.6 cm³/mol. The molecule has 4 nitrogen and oxygen atoms in total. The lowest BCUT2D eigenvalue weighted by molar-refractivity contribution is 0.379. The first-order valence-corrected chi connectivity index (χ1v) is 9.62. The number of hydrogen-bond acceptors (Lipinski definition) is 4. The zero-order valence-electron chi connectivity index (χ0n) is 14.2. The van der Waals surface area contributed by atoms with Crippen LogP contribution in [0, 0.1) is 0 Å². The standard InChI is InChI=1S/C17H36BN4/c19-14-10-6-2-1-3-8-12-16(14)21-18-22-17-13-9-5-4-7-11-15(17)20/h14-17,21-22H,1-13,19-20H2. The Balaban J connectivity index is 1.72. The molecule has 0 aliphatic heterocycles. The van der Waals surface area contributed by atoms with Crippen molar-refractivity contribution >= 4 is 7.55 Å². The smallest absolute Gasteiger partial charge is 0.307 e. The van der Waals surface area contributed by atoms with Crippen molar-refractivity contribution in [2.45, 2.75) is 108 Å². The lowest BCUT2D eigenvalue weighted by atomic mass is 9.89. The first kappa shape index (κ1) is 18.2. The molecular weight excluding hydrogens is 271 g/mol. The average molecular weight is 307 g/mol. The monoisotopic (exact) mass is 307 g/mol. The molecule has 127 valence electrons. The van der Waals surface area contributed by atoms with Crippen LogP contribution in [-0.4, -0.2) is 31.7 Å². The maximum Gasteiger partial charge on any atom is 0.307 e. The third kappa shape index (κ3) is 6.57. The molecule has 1 radical (unpaired) electrons. The summed E-state index contributed by atoms with van der Waals surface area (Å²) >= 11 is 0. The molecule has 22 heavy (non-hydrogen) atoms. The summed E-state index contributed by atoms with van der Waals surface area (Å²) in [7, 11) is 2.05. The molecule has 4 unspecified atom stereocenters. The Hall–Kier alpha value is -0.0951. The van der Waals surface area contributed by atoms with Gasteiger partial charge in [-0.25, -0.2) is 0 Å². The fourth-order valence-corrected chi connectivity index (χ4v) is 3.88. The van der Waals surface area contributed by atoms with Gasteiger partial charge in [-0.15, -0.1) is 0 Å². The van der Waals surface area contributed by atoms with Crippen LogP contribution in [0.4, 0.5) is 0 Å². The SMILES string of the molecule is NC1CCCCCCCC1N[B]NC1CCCCCCC1N. The van der Waals surface area contributed by atoms with E-state index in [-0.39, 0.29) is 12.1 Å². The van der Waals surface area contributed by atoms with Crippen LogP contribution in [0.3, 0.4) is 0 Å². The van der Waals surface area contributed by atoms with Crippen molar-refractivity contribution < 1.29 is 0 Å². The Morgan fingerprint density at radius 2 is 0.909 bits per heavy atom. The lowest BCUT2D eigenvalue weighted by Gasteiger charge is -2.29. The maximum atomic E-state index is 6.38. The molecule has 0 heterocycles. The molecular formula is C17H36BN4. The quantitative estimate of drug-likeness (QED) is 0.601. The summed E-state index contributed by atoms with van der Waals surface area (Å²) in [6.07, 6.45) is 16.6. The topological polar surface area (TPSA) is 76.1 Å². The van der Waals surface area contributed by atoms with E-state index in [1.54, 1.807) is 0 Å². The fourth-order valence-electron chi connectivity index (χ4n) is 3.88. The van der Waals surface area contributed by atoms with Gasteiger partial charge in [-0.2, -0.15) is 0 Å². The van der Waals surface area contributed by atoms with Crippen LogP contribution in [0.1, 0.15) is 83.5 Å². The molecule has 2 aliphatic carbocycles. The largest absolute Gasteiger partial charge is 0.342 e. The molecule has 0 aromatic heterocycles. The van der Waals surface area contributed by atoms with Crippen molar-refractivity contribution in [2.24, 2.45) is 11.5 Å². The zero-order chi connectivity index (χ0) is 15.6. The van der Waals surface area contributed by atoms with E-state index >= 15 is 0 Å². The zero-order valence-corrected chi connectivity index (χ0v) is 14.2. The number of nitrogens with two attached hydrogens (primary N) is 2. The van der Waals surface area contributed by atoms with Gasteiger partial charge < -0.3 is 21.9 Å². The molecule has 6 N–H and O–H groups in total. The van der Waals surface area contributed by atoms with Gasteiger partial charge in [0.1, 0.15) is 0 Å². The molecule has 2 saturated carbocycles. The van der Waals surface area contributed by atoms with E-state index in [2.05, 4.69) is 18.0 Å². The molecule has 0 saturated heterocycles. The van der Waals surface area contributed by atoms with Crippen LogP contribution in [0.15, 0.2) is 0 Å². The normalized spacial score (nSPS) is 35.5. The van der Waals surface area contributed by atoms with E-state index in [9.17, 15) is 0 Å². The highest BCUT2D eigenvalue weighted by atomic mass is 15.0. The van der Waals surface area contributed by atoms with E-state index in [1.165, 1.54) is 70.6 Å². The minimum Gasteiger partial charge on any atom is -0.342 e. The van der Waals surface area contributed by atoms with E-state index < -0.39 is 0 Å². The Morgan fingerprint density at radius 3 is 1.36 bits per heavy atom. The highest BCUT2D eigenvalue weighted by Gasteiger charge is 2.21. The summed E-state index contributed by atoms with van der Waals surface area (Å²) in [6, 6.07) is 1.39. The van der Waals surface area contributed by atoms with Crippen LogP contribution in [0.2, 0.25) is 0 Å². The summed E-state index contributed by atoms with van der Waals surface area (Å²) in [4.78, 5) is 0. The van der Waals surface area contributed by atoms with Gasteiger partial charge in [0.15, 0.2) is 0 Å². The maximum absolute atomic E-state index is 6.38.